The molecule has 2 rings (SSSR count). The van der Waals surface area contributed by atoms with Gasteiger partial charge in [0.15, 0.2) is 5.82 Å². The highest BCUT2D eigenvalue weighted by molar-refractivity contribution is 4.82. The van der Waals surface area contributed by atoms with Gasteiger partial charge in [-0.25, -0.2) is 4.68 Å². The summed E-state index contributed by atoms with van der Waals surface area (Å²) in [6.07, 6.45) is 4.03. The summed E-state index contributed by atoms with van der Waals surface area (Å²) in [5.74, 6) is 2.51. The Hall–Kier alpha value is -0.970. The van der Waals surface area contributed by atoms with Crippen molar-refractivity contribution in [2.45, 2.75) is 39.3 Å². The number of rotatable bonds is 4. The van der Waals surface area contributed by atoms with Crippen LogP contribution in [0.15, 0.2) is 0 Å². The summed E-state index contributed by atoms with van der Waals surface area (Å²) >= 11 is 0. The van der Waals surface area contributed by atoms with E-state index in [0.29, 0.717) is 0 Å². The molecule has 0 spiro atoms. The fourth-order valence-corrected chi connectivity index (χ4v) is 2.37. The lowest BCUT2D eigenvalue weighted by Gasteiger charge is -2.15. The first-order valence-corrected chi connectivity index (χ1v) is 5.71. The van der Waals surface area contributed by atoms with E-state index in [4.69, 9.17) is 0 Å². The topological polar surface area (TPSA) is 55.6 Å². The second kappa shape index (κ2) is 4.70. The van der Waals surface area contributed by atoms with Gasteiger partial charge in [-0.15, -0.1) is 5.10 Å². The Bertz CT molecular complexity index is 309. The molecule has 15 heavy (non-hydrogen) atoms. The van der Waals surface area contributed by atoms with Gasteiger partial charge in [-0.05, 0) is 35.7 Å². The first-order valence-electron chi connectivity index (χ1n) is 5.71. The zero-order chi connectivity index (χ0) is 10.7. The molecule has 0 saturated heterocycles. The van der Waals surface area contributed by atoms with Gasteiger partial charge < -0.3 is 5.32 Å². The molecular formula is C10H19N5. The molecule has 0 radical (unpaired) electrons. The van der Waals surface area contributed by atoms with Crippen LogP contribution in [0, 0.1) is 11.8 Å². The van der Waals surface area contributed by atoms with E-state index < -0.39 is 0 Å². The lowest BCUT2D eigenvalue weighted by molar-refractivity contribution is 0.337. The van der Waals surface area contributed by atoms with Crippen molar-refractivity contribution in [1.82, 2.24) is 25.5 Å². The molecule has 0 amide bonds. The van der Waals surface area contributed by atoms with Crippen molar-refractivity contribution in [2.24, 2.45) is 11.8 Å². The number of hydrogen-bond acceptors (Lipinski definition) is 4. The van der Waals surface area contributed by atoms with E-state index in [1.807, 2.05) is 11.7 Å². The van der Waals surface area contributed by atoms with Crippen LogP contribution >= 0.6 is 0 Å². The molecule has 1 fully saturated rings. The molecule has 1 aliphatic carbocycles. The third-order valence-electron chi connectivity index (χ3n) is 3.39. The van der Waals surface area contributed by atoms with Crippen LogP contribution in [-0.2, 0) is 13.1 Å². The molecule has 1 aromatic rings. The SMILES string of the molecule is CNCc1nnnn1CC1CCCC1C. The summed E-state index contributed by atoms with van der Waals surface area (Å²) in [5, 5.41) is 14.9. The third kappa shape index (κ3) is 2.34. The van der Waals surface area contributed by atoms with Gasteiger partial charge >= 0.3 is 0 Å². The van der Waals surface area contributed by atoms with Gasteiger partial charge in [-0.2, -0.15) is 0 Å². The highest BCUT2D eigenvalue weighted by atomic mass is 15.5. The summed E-state index contributed by atoms with van der Waals surface area (Å²) in [6.45, 7) is 4.05. The molecule has 1 aromatic heterocycles. The maximum Gasteiger partial charge on any atom is 0.165 e. The van der Waals surface area contributed by atoms with Crippen LogP contribution in [0.2, 0.25) is 0 Å². The number of nitrogens with zero attached hydrogens (tertiary/aromatic N) is 4. The Labute approximate surface area is 90.2 Å². The van der Waals surface area contributed by atoms with Crippen molar-refractivity contribution in [2.75, 3.05) is 7.05 Å². The summed E-state index contributed by atoms with van der Waals surface area (Å²) in [6, 6.07) is 0. The van der Waals surface area contributed by atoms with Crippen molar-refractivity contribution >= 4 is 0 Å². The normalized spacial score (nSPS) is 26.0. The van der Waals surface area contributed by atoms with Crippen molar-refractivity contribution < 1.29 is 0 Å². The molecule has 1 N–H and O–H groups in total. The Kier molecular flexibility index (Phi) is 3.30. The molecule has 5 nitrogen and oxygen atoms in total. The van der Waals surface area contributed by atoms with Crippen molar-refractivity contribution in [3.63, 3.8) is 0 Å². The minimum atomic E-state index is 0.744. The molecule has 1 heterocycles. The third-order valence-corrected chi connectivity index (χ3v) is 3.39. The standard InChI is InChI=1S/C10H19N5/c1-8-4-3-5-9(8)7-15-10(6-11-2)12-13-14-15/h8-9,11H,3-7H2,1-2H3. The second-order valence-electron chi connectivity index (χ2n) is 4.48. The quantitative estimate of drug-likeness (QED) is 0.798. The molecule has 0 bridgehead atoms. The predicted molar refractivity (Wildman–Crippen MR) is 57.1 cm³/mol. The Morgan fingerprint density at radius 1 is 1.47 bits per heavy atom. The van der Waals surface area contributed by atoms with Gasteiger partial charge in [0.2, 0.25) is 0 Å². The highest BCUT2D eigenvalue weighted by Crippen LogP contribution is 2.32. The molecule has 1 saturated carbocycles. The van der Waals surface area contributed by atoms with Crippen LogP contribution in [0.5, 0.6) is 0 Å². The largest absolute Gasteiger partial charge is 0.313 e. The molecule has 0 aliphatic heterocycles. The number of aromatic nitrogens is 4. The molecule has 5 heteroatoms. The van der Waals surface area contributed by atoms with Gasteiger partial charge in [-0.3, -0.25) is 0 Å². The average Bonchev–Trinajstić information content (AvgIpc) is 2.80. The molecule has 1 aliphatic rings. The Morgan fingerprint density at radius 3 is 3.00 bits per heavy atom. The lowest BCUT2D eigenvalue weighted by Crippen LogP contribution is -2.19. The van der Waals surface area contributed by atoms with E-state index >= 15 is 0 Å². The Balaban J connectivity index is 2.00. The fraction of sp³-hybridized carbons (Fsp3) is 0.900. The van der Waals surface area contributed by atoms with Crippen molar-refractivity contribution in [1.29, 1.82) is 0 Å². The van der Waals surface area contributed by atoms with E-state index in [1.165, 1.54) is 19.3 Å². The van der Waals surface area contributed by atoms with Gasteiger partial charge in [0.05, 0.1) is 6.54 Å². The summed E-state index contributed by atoms with van der Waals surface area (Å²) < 4.78 is 1.95. The fourth-order valence-electron chi connectivity index (χ4n) is 2.37. The zero-order valence-corrected chi connectivity index (χ0v) is 9.48. The molecule has 2 unspecified atom stereocenters. The van der Waals surface area contributed by atoms with Crippen molar-refractivity contribution in [3.05, 3.63) is 5.82 Å². The van der Waals surface area contributed by atoms with Crippen LogP contribution in [-0.4, -0.2) is 27.3 Å². The van der Waals surface area contributed by atoms with Crippen LogP contribution in [0.1, 0.15) is 32.0 Å². The zero-order valence-electron chi connectivity index (χ0n) is 9.48. The summed E-state index contributed by atoms with van der Waals surface area (Å²) in [4.78, 5) is 0. The van der Waals surface area contributed by atoms with Gasteiger partial charge in [0.1, 0.15) is 0 Å². The van der Waals surface area contributed by atoms with Crippen LogP contribution in [0.25, 0.3) is 0 Å². The van der Waals surface area contributed by atoms with Gasteiger partial charge in [-0.1, -0.05) is 19.8 Å². The van der Waals surface area contributed by atoms with Crippen molar-refractivity contribution in [3.8, 4) is 0 Å². The molecule has 84 valence electrons. The van der Waals surface area contributed by atoms with Crippen LogP contribution in [0.4, 0.5) is 0 Å². The van der Waals surface area contributed by atoms with E-state index in [2.05, 4.69) is 27.8 Å². The summed E-state index contributed by atoms with van der Waals surface area (Å²) in [5.41, 5.74) is 0. The first kappa shape index (κ1) is 10.5. The summed E-state index contributed by atoms with van der Waals surface area (Å²) in [7, 11) is 1.91. The number of nitrogens with one attached hydrogen (secondary N) is 1. The minimum absolute atomic E-state index is 0.744. The highest BCUT2D eigenvalue weighted by Gasteiger charge is 2.24. The molecular weight excluding hydrogens is 190 g/mol. The first-order chi connectivity index (χ1) is 7.31. The monoisotopic (exact) mass is 209 g/mol. The smallest absolute Gasteiger partial charge is 0.165 e. The van der Waals surface area contributed by atoms with E-state index in [0.717, 1.165) is 30.7 Å². The van der Waals surface area contributed by atoms with Crippen LogP contribution in [0.3, 0.4) is 0 Å². The van der Waals surface area contributed by atoms with Gasteiger partial charge in [0, 0.05) is 6.54 Å². The Morgan fingerprint density at radius 2 is 2.33 bits per heavy atom. The van der Waals surface area contributed by atoms with E-state index in [1.54, 1.807) is 0 Å². The van der Waals surface area contributed by atoms with E-state index in [9.17, 15) is 0 Å². The van der Waals surface area contributed by atoms with Crippen LogP contribution < -0.4 is 5.32 Å². The molecule has 0 aromatic carbocycles. The minimum Gasteiger partial charge on any atom is -0.313 e. The predicted octanol–water partition coefficient (Wildman–Crippen LogP) is 0.829. The molecule has 2 atom stereocenters. The van der Waals surface area contributed by atoms with E-state index in [-0.39, 0.29) is 0 Å². The number of tetrazole rings is 1. The lowest BCUT2D eigenvalue weighted by atomic mass is 9.98. The maximum atomic E-state index is 4.05. The second-order valence-corrected chi connectivity index (χ2v) is 4.48. The average molecular weight is 209 g/mol. The number of hydrogen-bond donors (Lipinski definition) is 1. The van der Waals surface area contributed by atoms with Gasteiger partial charge in [0.25, 0.3) is 0 Å². The maximum absolute atomic E-state index is 4.05.